The van der Waals surface area contributed by atoms with Gasteiger partial charge in [-0.2, -0.15) is 0 Å². The molecule has 13 heteroatoms. The summed E-state index contributed by atoms with van der Waals surface area (Å²) in [6.45, 7) is 0. The Balaban J connectivity index is 1.73. The van der Waals surface area contributed by atoms with Gasteiger partial charge < -0.3 is 9.47 Å². The first-order valence-corrected chi connectivity index (χ1v) is 10.1. The molecule has 0 N–H and O–H groups in total. The van der Waals surface area contributed by atoms with Crippen molar-refractivity contribution in [3.63, 3.8) is 0 Å². The highest BCUT2D eigenvalue weighted by molar-refractivity contribution is 5.79. The molecule has 0 atom stereocenters. The third-order valence-electron chi connectivity index (χ3n) is 5.12. The Morgan fingerprint density at radius 3 is 1.00 bits per heavy atom. The summed E-state index contributed by atoms with van der Waals surface area (Å²) in [6.07, 6.45) is -1.77. The van der Waals surface area contributed by atoms with Crippen LogP contribution in [-0.2, 0) is 0 Å². The van der Waals surface area contributed by atoms with Gasteiger partial charge in [-0.3, -0.25) is 0 Å². The summed E-state index contributed by atoms with van der Waals surface area (Å²) in [5, 5.41) is 0. The van der Waals surface area contributed by atoms with Gasteiger partial charge in [-0.05, 0) is 12.1 Å². The normalized spacial score (nSPS) is 11.0. The molecule has 0 aliphatic heterocycles. The van der Waals surface area contributed by atoms with E-state index in [-0.39, 0.29) is 0 Å². The molecule has 3 nitrogen and oxygen atoms in total. The molecule has 0 fully saturated rings. The fourth-order valence-electron chi connectivity index (χ4n) is 3.41. The van der Waals surface area contributed by atoms with Crippen molar-refractivity contribution in [1.29, 1.82) is 0 Å². The van der Waals surface area contributed by atoms with Gasteiger partial charge in [0, 0.05) is 11.1 Å². The number of ether oxygens (including phenoxy) is 2. The highest BCUT2D eigenvalue weighted by Crippen LogP contribution is 2.39. The lowest BCUT2D eigenvalue weighted by Crippen LogP contribution is -2.15. The third kappa shape index (κ3) is 4.40. The summed E-state index contributed by atoms with van der Waals surface area (Å²) >= 11 is 0. The summed E-state index contributed by atoms with van der Waals surface area (Å²) < 4.78 is 148. The van der Waals surface area contributed by atoms with E-state index in [1.54, 1.807) is 0 Å². The molecular weight excluding hydrogens is 538 g/mol. The van der Waals surface area contributed by atoms with E-state index in [9.17, 15) is 48.7 Å². The maximum absolute atomic E-state index is 14.3. The number of para-hydroxylation sites is 2. The molecule has 0 radical (unpaired) electrons. The van der Waals surface area contributed by atoms with Crippen LogP contribution in [0.25, 0.3) is 22.3 Å². The zero-order valence-corrected chi connectivity index (χ0v) is 18.1. The summed E-state index contributed by atoms with van der Waals surface area (Å²) in [6, 6.07) is 8.03. The minimum atomic E-state index is -2.42. The molecule has 0 amide bonds. The second-order valence-electron chi connectivity index (χ2n) is 7.34. The first kappa shape index (κ1) is 26.5. The molecule has 38 heavy (non-hydrogen) atoms. The maximum Gasteiger partial charge on any atom is 0.519 e. The van der Waals surface area contributed by atoms with E-state index >= 15 is 0 Å². The van der Waals surface area contributed by atoms with Crippen LogP contribution in [0.15, 0.2) is 48.5 Å². The Morgan fingerprint density at radius 2 is 0.684 bits per heavy atom. The maximum atomic E-state index is 14.3. The molecule has 4 rings (SSSR count). The van der Waals surface area contributed by atoms with E-state index in [4.69, 9.17) is 9.47 Å². The smallest absolute Gasteiger partial charge is 0.394 e. The standard InChI is InChI=1S/C25H8F10O3/c26-15-13(16(27)20(31)23(34)19(15)30)9-5-1-3-7-11(9)37-25(36)38-12-8-4-2-6-10(12)14-17(28)21(32)24(35)22(33)18(14)29/h1-8H. The molecule has 0 heterocycles. The second kappa shape index (κ2) is 10.1. The van der Waals surface area contributed by atoms with Crippen molar-refractivity contribution in [2.75, 3.05) is 0 Å². The molecule has 0 aliphatic rings. The van der Waals surface area contributed by atoms with Crippen molar-refractivity contribution in [1.82, 2.24) is 0 Å². The summed E-state index contributed by atoms with van der Waals surface area (Å²) in [5.41, 5.74) is -4.42. The van der Waals surface area contributed by atoms with Gasteiger partial charge in [0.25, 0.3) is 0 Å². The number of rotatable bonds is 4. The average Bonchev–Trinajstić information content (AvgIpc) is 2.90. The van der Waals surface area contributed by atoms with Gasteiger partial charge in [-0.15, -0.1) is 0 Å². The highest BCUT2D eigenvalue weighted by atomic mass is 19.2. The van der Waals surface area contributed by atoms with Crippen LogP contribution in [0.2, 0.25) is 0 Å². The van der Waals surface area contributed by atoms with E-state index in [0.717, 1.165) is 48.5 Å². The van der Waals surface area contributed by atoms with Gasteiger partial charge in [0.15, 0.2) is 46.5 Å². The van der Waals surface area contributed by atoms with E-state index < -0.39 is 98.1 Å². The van der Waals surface area contributed by atoms with Crippen LogP contribution in [0, 0.1) is 58.2 Å². The lowest BCUT2D eigenvalue weighted by Gasteiger charge is -2.15. The predicted molar refractivity (Wildman–Crippen MR) is 110 cm³/mol. The Hall–Kier alpha value is -4.55. The number of hydrogen-bond acceptors (Lipinski definition) is 3. The van der Waals surface area contributed by atoms with Crippen molar-refractivity contribution in [3.05, 3.63) is 107 Å². The van der Waals surface area contributed by atoms with Crippen LogP contribution in [-0.4, -0.2) is 6.16 Å². The lowest BCUT2D eigenvalue weighted by atomic mass is 10.0. The summed E-state index contributed by atoms with van der Waals surface area (Å²) in [7, 11) is 0. The Morgan fingerprint density at radius 1 is 0.421 bits per heavy atom. The predicted octanol–water partition coefficient (Wildman–Crippen LogP) is 7.99. The minimum absolute atomic E-state index is 0.769. The molecule has 0 aromatic heterocycles. The zero-order chi connectivity index (χ0) is 27.9. The van der Waals surface area contributed by atoms with Crippen molar-refractivity contribution in [2.45, 2.75) is 0 Å². The van der Waals surface area contributed by atoms with Gasteiger partial charge in [-0.1, -0.05) is 36.4 Å². The molecule has 0 saturated carbocycles. The molecule has 0 unspecified atom stereocenters. The highest BCUT2D eigenvalue weighted by Gasteiger charge is 2.30. The Kier molecular flexibility index (Phi) is 7.03. The van der Waals surface area contributed by atoms with Crippen molar-refractivity contribution >= 4 is 6.16 Å². The summed E-state index contributed by atoms with van der Waals surface area (Å²) in [4.78, 5) is 12.4. The van der Waals surface area contributed by atoms with Crippen LogP contribution >= 0.6 is 0 Å². The van der Waals surface area contributed by atoms with Crippen LogP contribution in [0.4, 0.5) is 48.7 Å². The largest absolute Gasteiger partial charge is 0.519 e. The van der Waals surface area contributed by atoms with Gasteiger partial charge in [-0.25, -0.2) is 48.7 Å². The average molecular weight is 546 g/mol. The first-order valence-electron chi connectivity index (χ1n) is 10.1. The molecular formula is C25H8F10O3. The summed E-state index contributed by atoms with van der Waals surface area (Å²) in [5.74, 6) is -24.4. The third-order valence-corrected chi connectivity index (χ3v) is 5.12. The number of hydrogen-bond donors (Lipinski definition) is 0. The molecule has 0 spiro atoms. The minimum Gasteiger partial charge on any atom is -0.394 e. The number of carbonyl (C=O) groups is 1. The monoisotopic (exact) mass is 546 g/mol. The van der Waals surface area contributed by atoms with Crippen LogP contribution in [0.3, 0.4) is 0 Å². The van der Waals surface area contributed by atoms with Crippen LogP contribution < -0.4 is 9.47 Å². The van der Waals surface area contributed by atoms with E-state index in [2.05, 4.69) is 0 Å². The van der Waals surface area contributed by atoms with Gasteiger partial charge in [0.2, 0.25) is 11.6 Å². The first-order chi connectivity index (χ1) is 18.0. The molecule has 0 saturated heterocycles. The van der Waals surface area contributed by atoms with Crippen molar-refractivity contribution in [3.8, 4) is 33.8 Å². The second-order valence-corrected chi connectivity index (χ2v) is 7.34. The van der Waals surface area contributed by atoms with E-state index in [1.807, 2.05) is 0 Å². The Labute approximate surface area is 205 Å². The molecule has 0 aliphatic carbocycles. The molecule has 4 aromatic carbocycles. The molecule has 0 bridgehead atoms. The van der Waals surface area contributed by atoms with Crippen molar-refractivity contribution in [2.24, 2.45) is 0 Å². The molecule has 196 valence electrons. The fourth-order valence-corrected chi connectivity index (χ4v) is 3.41. The molecule has 4 aromatic rings. The van der Waals surface area contributed by atoms with Gasteiger partial charge in [0.05, 0.1) is 11.1 Å². The van der Waals surface area contributed by atoms with Gasteiger partial charge >= 0.3 is 6.16 Å². The fraction of sp³-hybridized carbons (Fsp3) is 0. The number of carbonyl (C=O) groups excluding carboxylic acids is 1. The number of halogens is 10. The van der Waals surface area contributed by atoms with E-state index in [1.165, 1.54) is 0 Å². The zero-order valence-electron chi connectivity index (χ0n) is 18.1. The SMILES string of the molecule is O=C(Oc1ccccc1-c1c(F)c(F)c(F)c(F)c1F)Oc1ccccc1-c1c(F)c(F)c(F)c(F)c1F. The topological polar surface area (TPSA) is 35.5 Å². The Bertz CT molecular complexity index is 1430. The van der Waals surface area contributed by atoms with Crippen LogP contribution in [0.1, 0.15) is 0 Å². The lowest BCUT2D eigenvalue weighted by molar-refractivity contribution is 0.152. The van der Waals surface area contributed by atoms with Crippen LogP contribution in [0.5, 0.6) is 11.5 Å². The quantitative estimate of drug-likeness (QED) is 0.0856. The van der Waals surface area contributed by atoms with E-state index in [0.29, 0.717) is 0 Å². The van der Waals surface area contributed by atoms with Crippen molar-refractivity contribution < 1.29 is 58.2 Å². The van der Waals surface area contributed by atoms with Gasteiger partial charge in [0.1, 0.15) is 11.5 Å². The number of benzene rings is 4.